The number of pyridine rings is 1. The predicted octanol–water partition coefficient (Wildman–Crippen LogP) is 3.06. The Morgan fingerprint density at radius 2 is 2.04 bits per heavy atom. The fourth-order valence-corrected chi connectivity index (χ4v) is 2.86. The Hall–Kier alpha value is -1.86. The van der Waals surface area contributed by atoms with Crippen molar-refractivity contribution in [2.24, 2.45) is 0 Å². The van der Waals surface area contributed by atoms with Crippen molar-refractivity contribution in [1.82, 2.24) is 10.3 Å². The van der Waals surface area contributed by atoms with Crippen LogP contribution < -0.4 is 10.1 Å². The number of nitrogens with one attached hydrogen (secondary N) is 1. The molecule has 0 fully saturated rings. The maximum atomic E-state index is 11.0. The molecule has 0 bridgehead atoms. The molecule has 0 aliphatic rings. The fourth-order valence-electron chi connectivity index (χ4n) is 2.34. The van der Waals surface area contributed by atoms with Gasteiger partial charge in [0.2, 0.25) is 0 Å². The number of nitrogens with zero attached hydrogens (tertiary/aromatic N) is 1. The largest absolute Gasteiger partial charge is 0.489 e. The summed E-state index contributed by atoms with van der Waals surface area (Å²) >= 11 is 12.2. The number of aromatic nitrogens is 1. The van der Waals surface area contributed by atoms with Crippen LogP contribution in [-0.4, -0.2) is 33.8 Å². The van der Waals surface area contributed by atoms with Gasteiger partial charge in [-0.15, -0.1) is 0 Å². The van der Waals surface area contributed by atoms with Crippen LogP contribution in [-0.2, 0) is 24.4 Å². The second-order valence-corrected chi connectivity index (χ2v) is 6.50. The van der Waals surface area contributed by atoms with Crippen LogP contribution in [0.1, 0.15) is 23.6 Å². The molecule has 2 aromatic rings. The summed E-state index contributed by atoms with van der Waals surface area (Å²) in [5.41, 5.74) is 2.43. The van der Waals surface area contributed by atoms with Crippen LogP contribution in [0, 0.1) is 0 Å². The molecule has 0 spiro atoms. The topological polar surface area (TPSA) is 91.7 Å². The number of rotatable bonds is 9. The van der Waals surface area contributed by atoms with E-state index in [-0.39, 0.29) is 13.2 Å². The standard InChI is InChI=1S/C18H20Cl2N2O4/c1-2-12-5-17(26-10-11-3-14(19)8-21-6-11)13(4-15(12)20)7-22-16(9-23)18(24)25/h3-6,8,16,22-23H,2,7,9-10H2,1H3,(H,24,25). The van der Waals surface area contributed by atoms with Crippen LogP contribution >= 0.6 is 23.2 Å². The van der Waals surface area contributed by atoms with E-state index in [4.69, 9.17) is 38.2 Å². The molecule has 0 saturated heterocycles. The van der Waals surface area contributed by atoms with Gasteiger partial charge in [-0.1, -0.05) is 30.1 Å². The van der Waals surface area contributed by atoms with Crippen molar-refractivity contribution in [2.75, 3.05) is 6.61 Å². The second kappa shape index (κ2) is 9.73. The molecule has 8 heteroatoms. The summed E-state index contributed by atoms with van der Waals surface area (Å²) in [5, 5.41) is 22.1. The Labute approximate surface area is 161 Å². The molecule has 140 valence electrons. The van der Waals surface area contributed by atoms with E-state index in [9.17, 15) is 4.79 Å². The lowest BCUT2D eigenvalue weighted by Gasteiger charge is -2.17. The molecule has 6 nitrogen and oxygen atoms in total. The van der Waals surface area contributed by atoms with Gasteiger partial charge < -0.3 is 14.9 Å². The van der Waals surface area contributed by atoms with Crippen molar-refractivity contribution in [3.05, 3.63) is 57.3 Å². The average molecular weight is 399 g/mol. The smallest absolute Gasteiger partial charge is 0.323 e. The Bertz CT molecular complexity index is 771. The number of carboxylic acids is 1. The Kier molecular flexibility index (Phi) is 7.66. The minimum absolute atomic E-state index is 0.185. The van der Waals surface area contributed by atoms with Crippen LogP contribution in [0.15, 0.2) is 30.6 Å². The van der Waals surface area contributed by atoms with E-state index >= 15 is 0 Å². The maximum absolute atomic E-state index is 11.0. The fraction of sp³-hybridized carbons (Fsp3) is 0.333. The number of carboxylic acid groups (broad SMARTS) is 1. The highest BCUT2D eigenvalue weighted by molar-refractivity contribution is 6.31. The normalized spacial score (nSPS) is 12.0. The summed E-state index contributed by atoms with van der Waals surface area (Å²) < 4.78 is 5.89. The molecule has 3 N–H and O–H groups in total. The van der Waals surface area contributed by atoms with Gasteiger partial charge in [-0.3, -0.25) is 15.1 Å². The van der Waals surface area contributed by atoms with Crippen molar-refractivity contribution in [3.63, 3.8) is 0 Å². The van der Waals surface area contributed by atoms with E-state index in [2.05, 4.69) is 10.3 Å². The molecule has 2 rings (SSSR count). The molecule has 26 heavy (non-hydrogen) atoms. The second-order valence-electron chi connectivity index (χ2n) is 5.66. The zero-order valence-corrected chi connectivity index (χ0v) is 15.7. The number of aliphatic carboxylic acids is 1. The summed E-state index contributed by atoms with van der Waals surface area (Å²) in [5.74, 6) is -0.544. The number of aryl methyl sites for hydroxylation is 1. The molecule has 1 aromatic heterocycles. The van der Waals surface area contributed by atoms with Crippen LogP contribution in [0.25, 0.3) is 0 Å². The lowest BCUT2D eigenvalue weighted by molar-refractivity contribution is -0.140. The summed E-state index contributed by atoms with van der Waals surface area (Å²) in [6.45, 7) is 1.91. The molecule has 1 unspecified atom stereocenters. The minimum atomic E-state index is -1.13. The Morgan fingerprint density at radius 3 is 2.65 bits per heavy atom. The SMILES string of the molecule is CCc1cc(OCc2cncc(Cl)c2)c(CNC(CO)C(=O)O)cc1Cl. The van der Waals surface area contributed by atoms with Gasteiger partial charge in [-0.05, 0) is 30.2 Å². The van der Waals surface area contributed by atoms with Crippen molar-refractivity contribution in [2.45, 2.75) is 32.5 Å². The zero-order chi connectivity index (χ0) is 19.1. The number of halogens is 2. The first-order valence-corrected chi connectivity index (χ1v) is 8.80. The van der Waals surface area contributed by atoms with Gasteiger partial charge in [-0.25, -0.2) is 0 Å². The minimum Gasteiger partial charge on any atom is -0.489 e. The first-order chi connectivity index (χ1) is 12.4. The molecule has 0 saturated carbocycles. The van der Waals surface area contributed by atoms with Crippen molar-refractivity contribution < 1.29 is 19.7 Å². The molecule has 0 radical (unpaired) electrons. The summed E-state index contributed by atoms with van der Waals surface area (Å²) in [6.07, 6.45) is 3.93. The van der Waals surface area contributed by atoms with Crippen molar-refractivity contribution >= 4 is 29.2 Å². The molecular formula is C18H20Cl2N2O4. The van der Waals surface area contributed by atoms with E-state index < -0.39 is 18.6 Å². The van der Waals surface area contributed by atoms with Crippen LogP contribution in [0.5, 0.6) is 5.75 Å². The highest BCUT2D eigenvalue weighted by Crippen LogP contribution is 2.28. The van der Waals surface area contributed by atoms with Gasteiger partial charge in [0.1, 0.15) is 18.4 Å². The maximum Gasteiger partial charge on any atom is 0.323 e. The van der Waals surface area contributed by atoms with E-state index in [0.717, 1.165) is 17.5 Å². The molecule has 0 aliphatic carbocycles. The van der Waals surface area contributed by atoms with Crippen LogP contribution in [0.4, 0.5) is 0 Å². The number of hydrogen-bond donors (Lipinski definition) is 3. The number of hydrogen-bond acceptors (Lipinski definition) is 5. The quantitative estimate of drug-likeness (QED) is 0.601. The van der Waals surface area contributed by atoms with Crippen LogP contribution in [0.2, 0.25) is 10.0 Å². The third-order valence-electron chi connectivity index (χ3n) is 3.79. The number of aliphatic hydroxyl groups is 1. The number of ether oxygens (including phenoxy) is 1. The average Bonchev–Trinajstić information content (AvgIpc) is 2.61. The van der Waals surface area contributed by atoms with Gasteiger partial charge in [0.25, 0.3) is 0 Å². The molecule has 0 amide bonds. The molecule has 0 aliphatic heterocycles. The summed E-state index contributed by atoms with van der Waals surface area (Å²) in [7, 11) is 0. The van der Waals surface area contributed by atoms with Gasteiger partial charge in [0, 0.05) is 35.1 Å². The van der Waals surface area contributed by atoms with E-state index in [1.54, 1.807) is 24.5 Å². The van der Waals surface area contributed by atoms with Gasteiger partial charge in [0.05, 0.1) is 11.6 Å². The first kappa shape index (κ1) is 20.5. The lowest BCUT2D eigenvalue weighted by Crippen LogP contribution is -2.39. The molecule has 1 aromatic carbocycles. The van der Waals surface area contributed by atoms with Gasteiger partial charge in [-0.2, -0.15) is 0 Å². The summed E-state index contributed by atoms with van der Waals surface area (Å²) in [6, 6.07) is 4.28. The highest BCUT2D eigenvalue weighted by atomic mass is 35.5. The third-order valence-corrected chi connectivity index (χ3v) is 4.34. The van der Waals surface area contributed by atoms with E-state index in [1.165, 1.54) is 0 Å². The third kappa shape index (κ3) is 5.57. The van der Waals surface area contributed by atoms with Crippen LogP contribution in [0.3, 0.4) is 0 Å². The Balaban J connectivity index is 2.20. The number of carbonyl (C=O) groups is 1. The molecular weight excluding hydrogens is 379 g/mol. The summed E-state index contributed by atoms with van der Waals surface area (Å²) in [4.78, 5) is 15.1. The first-order valence-electron chi connectivity index (χ1n) is 8.05. The highest BCUT2D eigenvalue weighted by Gasteiger charge is 2.17. The monoisotopic (exact) mass is 398 g/mol. The van der Waals surface area contributed by atoms with Gasteiger partial charge >= 0.3 is 5.97 Å². The van der Waals surface area contributed by atoms with Crippen molar-refractivity contribution in [1.29, 1.82) is 0 Å². The zero-order valence-electron chi connectivity index (χ0n) is 14.2. The predicted molar refractivity (Wildman–Crippen MR) is 99.8 cm³/mol. The number of benzene rings is 1. The molecule has 1 heterocycles. The molecule has 1 atom stereocenters. The van der Waals surface area contributed by atoms with Gasteiger partial charge in [0.15, 0.2) is 0 Å². The number of aliphatic hydroxyl groups excluding tert-OH is 1. The van der Waals surface area contributed by atoms with E-state index in [1.807, 2.05) is 13.0 Å². The van der Waals surface area contributed by atoms with Crippen molar-refractivity contribution in [3.8, 4) is 5.75 Å². The lowest BCUT2D eigenvalue weighted by atomic mass is 10.1. The Morgan fingerprint density at radius 1 is 1.27 bits per heavy atom. The van der Waals surface area contributed by atoms with E-state index in [0.29, 0.717) is 21.4 Å².